The van der Waals surface area contributed by atoms with Crippen molar-refractivity contribution in [1.82, 2.24) is 20.2 Å². The number of nitrogens with zero attached hydrogens (tertiary/aromatic N) is 3. The van der Waals surface area contributed by atoms with Crippen LogP contribution in [0.3, 0.4) is 0 Å². The summed E-state index contributed by atoms with van der Waals surface area (Å²) in [5.41, 5.74) is 3.59. The molecular weight excluding hydrogens is 612 g/mol. The van der Waals surface area contributed by atoms with Crippen LogP contribution in [0.4, 0.5) is 0 Å². The van der Waals surface area contributed by atoms with Crippen LogP contribution in [0.2, 0.25) is 0 Å². The standard InChI is InChI=1S/C37H42N4O5S/c1-3-5-6-7-8-19-46-30-15-13-26(14-16-30)28-21-38-34(39-22-28)27-11-9-25(10-12-27)20-32(36(43)41-23-29(24-41)37(44)45)40-35(42)33-18-17-31(4-2)47-33/h9-18,21-22,29,32H,3-8,19-20,23-24H2,1-2H3,(H,40,42)(H,44,45)/t32-/m0/s1. The van der Waals surface area contributed by atoms with Crippen LogP contribution in [0.15, 0.2) is 73.1 Å². The van der Waals surface area contributed by atoms with Crippen LogP contribution in [-0.4, -0.2) is 63.5 Å². The number of aryl methyl sites for hydroxylation is 1. The summed E-state index contributed by atoms with van der Waals surface area (Å²) in [6.45, 7) is 5.25. The lowest BCUT2D eigenvalue weighted by Crippen LogP contribution is -2.59. The van der Waals surface area contributed by atoms with Crippen molar-refractivity contribution in [1.29, 1.82) is 0 Å². The molecule has 2 aromatic carbocycles. The lowest BCUT2D eigenvalue weighted by atomic mass is 9.97. The van der Waals surface area contributed by atoms with Crippen molar-refractivity contribution >= 4 is 29.1 Å². The number of ether oxygens (including phenoxy) is 1. The Morgan fingerprint density at radius 1 is 0.894 bits per heavy atom. The number of aliphatic carboxylic acids is 1. The molecule has 4 aromatic rings. The molecule has 3 heterocycles. The summed E-state index contributed by atoms with van der Waals surface area (Å²) in [4.78, 5) is 50.0. The van der Waals surface area contributed by atoms with Crippen molar-refractivity contribution in [3.05, 3.63) is 88.4 Å². The fourth-order valence-corrected chi connectivity index (χ4v) is 6.30. The molecule has 1 atom stereocenters. The molecule has 2 amide bonds. The average molecular weight is 655 g/mol. The lowest BCUT2D eigenvalue weighted by molar-refractivity contribution is -0.153. The Bertz CT molecular complexity index is 1630. The third-order valence-corrected chi connectivity index (χ3v) is 9.62. The first-order valence-corrected chi connectivity index (χ1v) is 17.2. The summed E-state index contributed by atoms with van der Waals surface area (Å²) in [5, 5.41) is 12.2. The quantitative estimate of drug-likeness (QED) is 0.130. The molecule has 2 N–H and O–H groups in total. The van der Waals surface area contributed by atoms with Gasteiger partial charge < -0.3 is 20.1 Å². The zero-order chi connectivity index (χ0) is 33.2. The molecule has 0 saturated carbocycles. The smallest absolute Gasteiger partial charge is 0.310 e. The Morgan fingerprint density at radius 3 is 2.21 bits per heavy atom. The van der Waals surface area contributed by atoms with Gasteiger partial charge in [-0.15, -0.1) is 11.3 Å². The third-order valence-electron chi connectivity index (χ3n) is 8.39. The van der Waals surface area contributed by atoms with E-state index in [1.807, 2.05) is 61.5 Å². The summed E-state index contributed by atoms with van der Waals surface area (Å²) in [6, 6.07) is 18.4. The Hall–Kier alpha value is -4.57. The molecule has 0 bridgehead atoms. The number of benzene rings is 2. The zero-order valence-corrected chi connectivity index (χ0v) is 27.8. The molecule has 246 valence electrons. The first-order chi connectivity index (χ1) is 22.8. The van der Waals surface area contributed by atoms with Crippen LogP contribution in [0.25, 0.3) is 22.5 Å². The third kappa shape index (κ3) is 9.04. The number of carbonyl (C=O) groups is 3. The summed E-state index contributed by atoms with van der Waals surface area (Å²) in [5.74, 6) is -0.654. The predicted octanol–water partition coefficient (Wildman–Crippen LogP) is 6.67. The fourth-order valence-electron chi connectivity index (χ4n) is 5.45. The van der Waals surface area contributed by atoms with Gasteiger partial charge in [-0.2, -0.15) is 0 Å². The summed E-state index contributed by atoms with van der Waals surface area (Å²) >= 11 is 1.40. The molecule has 1 saturated heterocycles. The zero-order valence-electron chi connectivity index (χ0n) is 27.0. The molecule has 0 unspecified atom stereocenters. The second kappa shape index (κ2) is 16.3. The van der Waals surface area contributed by atoms with Gasteiger partial charge in [-0.1, -0.05) is 75.9 Å². The monoisotopic (exact) mass is 654 g/mol. The average Bonchev–Trinajstić information content (AvgIpc) is 3.56. The number of unbranched alkanes of at least 4 members (excludes halogenated alkanes) is 4. The maximum Gasteiger partial charge on any atom is 0.310 e. The van der Waals surface area contributed by atoms with Crippen molar-refractivity contribution in [2.45, 2.75) is 64.8 Å². The van der Waals surface area contributed by atoms with Crippen molar-refractivity contribution in [2.24, 2.45) is 5.92 Å². The van der Waals surface area contributed by atoms with Gasteiger partial charge in [0.2, 0.25) is 5.91 Å². The SMILES string of the molecule is CCCCCCCOc1ccc(-c2cnc(-c3ccc(C[C@H](NC(=O)c4ccc(CC)s4)C(=O)N4CC(C(=O)O)C4)cc3)nc2)cc1. The number of thiophene rings is 1. The minimum Gasteiger partial charge on any atom is -0.494 e. The second-order valence-electron chi connectivity index (χ2n) is 11.9. The highest BCUT2D eigenvalue weighted by Crippen LogP contribution is 2.25. The van der Waals surface area contributed by atoms with Crippen LogP contribution >= 0.6 is 11.3 Å². The van der Waals surface area contributed by atoms with Gasteiger partial charge in [0.05, 0.1) is 17.4 Å². The van der Waals surface area contributed by atoms with Gasteiger partial charge in [0, 0.05) is 47.9 Å². The van der Waals surface area contributed by atoms with Crippen LogP contribution in [-0.2, 0) is 22.4 Å². The van der Waals surface area contributed by atoms with Crippen LogP contribution in [0.5, 0.6) is 5.75 Å². The van der Waals surface area contributed by atoms with E-state index < -0.39 is 17.9 Å². The van der Waals surface area contributed by atoms with E-state index in [4.69, 9.17) is 4.74 Å². The van der Waals surface area contributed by atoms with Crippen LogP contribution < -0.4 is 10.1 Å². The molecule has 2 aromatic heterocycles. The second-order valence-corrected chi connectivity index (χ2v) is 13.1. The Morgan fingerprint density at radius 2 is 1.57 bits per heavy atom. The minimum absolute atomic E-state index is 0.142. The molecule has 1 aliphatic heterocycles. The number of carboxylic acids is 1. The van der Waals surface area contributed by atoms with Gasteiger partial charge in [0.15, 0.2) is 5.82 Å². The molecule has 1 aliphatic rings. The van der Waals surface area contributed by atoms with Crippen LogP contribution in [0.1, 0.15) is 66.1 Å². The highest BCUT2D eigenvalue weighted by Gasteiger charge is 2.39. The summed E-state index contributed by atoms with van der Waals surface area (Å²) in [6.07, 6.45) is 10.7. The maximum absolute atomic E-state index is 13.4. The van der Waals surface area contributed by atoms with Gasteiger partial charge in [-0.05, 0) is 48.2 Å². The van der Waals surface area contributed by atoms with Crippen molar-refractivity contribution in [2.75, 3.05) is 19.7 Å². The molecule has 0 spiro atoms. The van der Waals surface area contributed by atoms with Gasteiger partial charge in [-0.3, -0.25) is 14.4 Å². The van der Waals surface area contributed by atoms with E-state index in [-0.39, 0.29) is 31.3 Å². The van der Waals surface area contributed by atoms with Crippen molar-refractivity contribution in [3.63, 3.8) is 0 Å². The number of nitrogens with one attached hydrogen (secondary N) is 1. The highest BCUT2D eigenvalue weighted by molar-refractivity contribution is 7.14. The minimum atomic E-state index is -0.919. The van der Waals surface area contributed by atoms with Gasteiger partial charge in [0.25, 0.3) is 5.91 Å². The number of rotatable bonds is 16. The first-order valence-electron chi connectivity index (χ1n) is 16.4. The number of hydrogen-bond acceptors (Lipinski definition) is 7. The molecular formula is C37H42N4O5S. The van der Waals surface area contributed by atoms with Gasteiger partial charge in [0.1, 0.15) is 11.8 Å². The Balaban J connectivity index is 1.20. The topological polar surface area (TPSA) is 122 Å². The maximum atomic E-state index is 13.4. The number of carbonyl (C=O) groups excluding carboxylic acids is 2. The van der Waals surface area contributed by atoms with Gasteiger partial charge in [-0.25, -0.2) is 9.97 Å². The molecule has 0 radical (unpaired) electrons. The van der Waals surface area contributed by atoms with E-state index in [1.54, 1.807) is 18.5 Å². The van der Waals surface area contributed by atoms with Gasteiger partial charge >= 0.3 is 5.97 Å². The molecule has 1 fully saturated rings. The Labute approximate surface area is 280 Å². The number of aromatic nitrogens is 2. The number of carboxylic acid groups (broad SMARTS) is 1. The highest BCUT2D eigenvalue weighted by atomic mass is 32.1. The van der Waals surface area contributed by atoms with E-state index >= 15 is 0 Å². The normalized spacial score (nSPS) is 13.5. The fraction of sp³-hybridized carbons (Fsp3) is 0.378. The first kappa shape index (κ1) is 33.8. The van der Waals surface area contributed by atoms with E-state index in [2.05, 4.69) is 22.2 Å². The molecule has 10 heteroatoms. The van der Waals surface area contributed by atoms with Crippen molar-refractivity contribution < 1.29 is 24.2 Å². The van der Waals surface area contributed by atoms with E-state index in [0.717, 1.165) is 52.3 Å². The van der Waals surface area contributed by atoms with E-state index in [1.165, 1.54) is 41.9 Å². The molecule has 5 rings (SSSR count). The molecule has 9 nitrogen and oxygen atoms in total. The molecule has 47 heavy (non-hydrogen) atoms. The van der Waals surface area contributed by atoms with Crippen molar-refractivity contribution in [3.8, 4) is 28.3 Å². The van der Waals surface area contributed by atoms with E-state index in [0.29, 0.717) is 10.7 Å². The number of hydrogen-bond donors (Lipinski definition) is 2. The number of likely N-dealkylation sites (tertiary alicyclic amines) is 1. The largest absolute Gasteiger partial charge is 0.494 e. The number of amides is 2. The summed E-state index contributed by atoms with van der Waals surface area (Å²) in [7, 11) is 0. The molecule has 0 aliphatic carbocycles. The lowest BCUT2D eigenvalue weighted by Gasteiger charge is -2.38. The predicted molar refractivity (Wildman–Crippen MR) is 184 cm³/mol. The summed E-state index contributed by atoms with van der Waals surface area (Å²) < 4.78 is 5.88. The van der Waals surface area contributed by atoms with Crippen LogP contribution in [0, 0.1) is 5.92 Å². The Kier molecular flexibility index (Phi) is 11.7. The van der Waals surface area contributed by atoms with E-state index in [9.17, 15) is 19.5 Å².